The number of aromatic nitrogens is 2. The summed E-state index contributed by atoms with van der Waals surface area (Å²) in [6.07, 6.45) is 1.80. The first kappa shape index (κ1) is 9.94. The lowest BCUT2D eigenvalue weighted by Crippen LogP contribution is -1.90. The summed E-state index contributed by atoms with van der Waals surface area (Å²) in [5.41, 5.74) is 2.30. The molecule has 0 atom stereocenters. The molecular formula is C13H7N3S. The van der Waals surface area contributed by atoms with Crippen molar-refractivity contribution in [2.45, 2.75) is 0 Å². The number of thiophene rings is 1. The van der Waals surface area contributed by atoms with E-state index in [2.05, 4.69) is 16.0 Å². The second-order valence-electron chi connectivity index (χ2n) is 3.52. The lowest BCUT2D eigenvalue weighted by molar-refractivity contribution is 1.23. The van der Waals surface area contributed by atoms with Crippen LogP contribution in [-0.2, 0) is 0 Å². The molecule has 80 valence electrons. The fourth-order valence-corrected chi connectivity index (χ4v) is 2.36. The predicted octanol–water partition coefficient (Wildman–Crippen LogP) is 3.23. The minimum atomic E-state index is 0.599. The van der Waals surface area contributed by atoms with Crippen molar-refractivity contribution in [2.24, 2.45) is 0 Å². The number of fused-ring (bicyclic) bond motifs is 1. The minimum Gasteiger partial charge on any atom is -0.235 e. The van der Waals surface area contributed by atoms with Crippen LogP contribution in [0.3, 0.4) is 0 Å². The SMILES string of the molecule is N#Cc1ccccc1-c1ncc2sccc2n1. The van der Waals surface area contributed by atoms with Gasteiger partial charge in [0.25, 0.3) is 0 Å². The van der Waals surface area contributed by atoms with Gasteiger partial charge < -0.3 is 0 Å². The Morgan fingerprint density at radius 1 is 1.18 bits per heavy atom. The van der Waals surface area contributed by atoms with Crippen LogP contribution in [0.15, 0.2) is 41.9 Å². The third kappa shape index (κ3) is 1.67. The van der Waals surface area contributed by atoms with Gasteiger partial charge in [-0.05, 0) is 23.6 Å². The highest BCUT2D eigenvalue weighted by Gasteiger charge is 2.07. The van der Waals surface area contributed by atoms with E-state index in [4.69, 9.17) is 5.26 Å². The second kappa shape index (κ2) is 3.96. The molecule has 0 amide bonds. The lowest BCUT2D eigenvalue weighted by Gasteiger charge is -2.01. The molecule has 0 spiro atoms. The Balaban J connectivity index is 2.23. The molecule has 3 nitrogen and oxygen atoms in total. The summed E-state index contributed by atoms with van der Waals surface area (Å²) >= 11 is 1.61. The van der Waals surface area contributed by atoms with Gasteiger partial charge in [-0.2, -0.15) is 5.26 Å². The molecule has 0 bridgehead atoms. The monoisotopic (exact) mass is 237 g/mol. The van der Waals surface area contributed by atoms with Crippen molar-refractivity contribution in [2.75, 3.05) is 0 Å². The zero-order valence-electron chi connectivity index (χ0n) is 8.79. The number of nitrogens with zero attached hydrogens (tertiary/aromatic N) is 3. The molecule has 1 aromatic carbocycles. The molecule has 0 aliphatic rings. The van der Waals surface area contributed by atoms with Gasteiger partial charge in [-0.25, -0.2) is 9.97 Å². The van der Waals surface area contributed by atoms with Gasteiger partial charge in [0, 0.05) is 11.8 Å². The largest absolute Gasteiger partial charge is 0.235 e. The smallest absolute Gasteiger partial charge is 0.161 e. The van der Waals surface area contributed by atoms with Gasteiger partial charge in [-0.15, -0.1) is 11.3 Å². The van der Waals surface area contributed by atoms with Crippen molar-refractivity contribution in [3.8, 4) is 17.5 Å². The first-order valence-electron chi connectivity index (χ1n) is 5.08. The molecular weight excluding hydrogens is 230 g/mol. The standard InChI is InChI=1S/C13H7N3S/c14-7-9-3-1-2-4-10(9)13-15-8-12-11(16-13)5-6-17-12/h1-6,8H. The maximum absolute atomic E-state index is 9.05. The fraction of sp³-hybridized carbons (Fsp3) is 0. The Labute approximate surface area is 102 Å². The van der Waals surface area contributed by atoms with Gasteiger partial charge in [0.2, 0.25) is 0 Å². The third-order valence-electron chi connectivity index (χ3n) is 2.49. The van der Waals surface area contributed by atoms with Crippen LogP contribution < -0.4 is 0 Å². The molecule has 0 unspecified atom stereocenters. The van der Waals surface area contributed by atoms with E-state index in [-0.39, 0.29) is 0 Å². The number of benzene rings is 1. The van der Waals surface area contributed by atoms with Crippen molar-refractivity contribution in [3.05, 3.63) is 47.5 Å². The molecule has 2 heterocycles. The number of hydrogen-bond donors (Lipinski definition) is 0. The third-order valence-corrected chi connectivity index (χ3v) is 3.33. The van der Waals surface area contributed by atoms with Crippen LogP contribution in [0.5, 0.6) is 0 Å². The highest BCUT2D eigenvalue weighted by Crippen LogP contribution is 2.23. The Morgan fingerprint density at radius 2 is 2.06 bits per heavy atom. The average molecular weight is 237 g/mol. The summed E-state index contributed by atoms with van der Waals surface area (Å²) in [4.78, 5) is 8.77. The van der Waals surface area contributed by atoms with Crippen molar-refractivity contribution >= 4 is 21.6 Å². The van der Waals surface area contributed by atoms with Crippen LogP contribution in [-0.4, -0.2) is 9.97 Å². The topological polar surface area (TPSA) is 49.6 Å². The number of nitriles is 1. The maximum Gasteiger partial charge on any atom is 0.161 e. The Morgan fingerprint density at radius 3 is 2.94 bits per heavy atom. The van der Waals surface area contributed by atoms with E-state index in [0.717, 1.165) is 15.8 Å². The molecule has 0 radical (unpaired) electrons. The number of rotatable bonds is 1. The molecule has 4 heteroatoms. The van der Waals surface area contributed by atoms with E-state index in [1.807, 2.05) is 29.6 Å². The van der Waals surface area contributed by atoms with Gasteiger partial charge in [0.15, 0.2) is 5.82 Å². The fourth-order valence-electron chi connectivity index (χ4n) is 1.67. The molecule has 0 saturated heterocycles. The van der Waals surface area contributed by atoms with E-state index in [9.17, 15) is 0 Å². The zero-order chi connectivity index (χ0) is 11.7. The molecule has 0 fully saturated rings. The minimum absolute atomic E-state index is 0.599. The summed E-state index contributed by atoms with van der Waals surface area (Å²) in [6, 6.07) is 11.5. The van der Waals surface area contributed by atoms with Crippen LogP contribution in [0.2, 0.25) is 0 Å². The summed E-state index contributed by atoms with van der Waals surface area (Å²) < 4.78 is 1.06. The molecule has 3 rings (SSSR count). The Hall–Kier alpha value is -2.25. The van der Waals surface area contributed by atoms with Crippen LogP contribution in [0.1, 0.15) is 5.56 Å². The van der Waals surface area contributed by atoms with Gasteiger partial charge in [-0.3, -0.25) is 0 Å². The molecule has 2 aromatic heterocycles. The molecule has 3 aromatic rings. The number of hydrogen-bond acceptors (Lipinski definition) is 4. The van der Waals surface area contributed by atoms with Crippen molar-refractivity contribution in [1.82, 2.24) is 9.97 Å². The van der Waals surface area contributed by atoms with Crippen molar-refractivity contribution < 1.29 is 0 Å². The van der Waals surface area contributed by atoms with Gasteiger partial charge >= 0.3 is 0 Å². The first-order valence-corrected chi connectivity index (χ1v) is 5.96. The first-order chi connectivity index (χ1) is 8.38. The zero-order valence-corrected chi connectivity index (χ0v) is 9.61. The van der Waals surface area contributed by atoms with E-state index in [1.54, 1.807) is 23.6 Å². The van der Waals surface area contributed by atoms with Gasteiger partial charge in [0.05, 0.1) is 21.8 Å². The predicted molar refractivity (Wildman–Crippen MR) is 67.6 cm³/mol. The quantitative estimate of drug-likeness (QED) is 0.652. The van der Waals surface area contributed by atoms with E-state index in [1.165, 1.54) is 0 Å². The highest BCUT2D eigenvalue weighted by molar-refractivity contribution is 7.17. The molecule has 0 saturated carbocycles. The second-order valence-corrected chi connectivity index (χ2v) is 4.47. The normalized spacial score (nSPS) is 10.3. The average Bonchev–Trinajstić information content (AvgIpc) is 2.85. The molecule has 17 heavy (non-hydrogen) atoms. The highest BCUT2D eigenvalue weighted by atomic mass is 32.1. The summed E-state index contributed by atoms with van der Waals surface area (Å²) in [5, 5.41) is 11.0. The van der Waals surface area contributed by atoms with Gasteiger partial charge in [-0.1, -0.05) is 12.1 Å². The molecule has 0 aliphatic heterocycles. The maximum atomic E-state index is 9.05. The van der Waals surface area contributed by atoms with Crippen molar-refractivity contribution in [3.63, 3.8) is 0 Å². The summed E-state index contributed by atoms with van der Waals surface area (Å²) in [6.45, 7) is 0. The van der Waals surface area contributed by atoms with E-state index >= 15 is 0 Å². The van der Waals surface area contributed by atoms with E-state index in [0.29, 0.717) is 11.4 Å². The van der Waals surface area contributed by atoms with Crippen LogP contribution >= 0.6 is 11.3 Å². The lowest BCUT2D eigenvalue weighted by atomic mass is 10.1. The Bertz CT molecular complexity index is 725. The summed E-state index contributed by atoms with van der Waals surface area (Å²) in [5.74, 6) is 0.605. The summed E-state index contributed by atoms with van der Waals surface area (Å²) in [7, 11) is 0. The van der Waals surface area contributed by atoms with Crippen LogP contribution in [0.25, 0.3) is 21.6 Å². The van der Waals surface area contributed by atoms with Crippen LogP contribution in [0.4, 0.5) is 0 Å². The Kier molecular flexibility index (Phi) is 2.32. The van der Waals surface area contributed by atoms with E-state index < -0.39 is 0 Å². The van der Waals surface area contributed by atoms with Crippen molar-refractivity contribution in [1.29, 1.82) is 5.26 Å². The van der Waals surface area contributed by atoms with Crippen LogP contribution in [0, 0.1) is 11.3 Å². The van der Waals surface area contributed by atoms with Gasteiger partial charge in [0.1, 0.15) is 0 Å². The molecule has 0 N–H and O–H groups in total. The molecule has 0 aliphatic carbocycles.